The first kappa shape index (κ1) is 14.2. The number of H-pyrrole nitrogens is 1. The summed E-state index contributed by atoms with van der Waals surface area (Å²) >= 11 is 2.04. The van der Waals surface area contributed by atoms with Crippen LogP contribution in [0.25, 0.3) is 22.3 Å². The Hall–Kier alpha value is -1.76. The molecular formula is C16H14IN3O. The summed E-state index contributed by atoms with van der Waals surface area (Å²) in [4.78, 5) is 23.9. The highest BCUT2D eigenvalue weighted by Crippen LogP contribution is 2.21. The first-order chi connectivity index (χ1) is 10.1. The number of pyridine rings is 1. The molecule has 0 aliphatic carbocycles. The van der Waals surface area contributed by atoms with Crippen molar-refractivity contribution in [1.29, 1.82) is 0 Å². The van der Waals surface area contributed by atoms with Crippen LogP contribution < -0.4 is 5.56 Å². The Morgan fingerprint density at radius 1 is 1.19 bits per heavy atom. The van der Waals surface area contributed by atoms with Crippen molar-refractivity contribution in [2.45, 2.75) is 20.3 Å². The quantitative estimate of drug-likeness (QED) is 0.681. The van der Waals surface area contributed by atoms with Crippen molar-refractivity contribution in [2.24, 2.45) is 0 Å². The van der Waals surface area contributed by atoms with Gasteiger partial charge in [-0.05, 0) is 60.2 Å². The SMILES string of the molecule is CCc1nc(-c2ccc3nc(C)ccc3c2)[nH]c(=O)c1I. The highest BCUT2D eigenvalue weighted by atomic mass is 127. The minimum absolute atomic E-state index is 0.0837. The van der Waals surface area contributed by atoms with Crippen LogP contribution in [0.15, 0.2) is 35.1 Å². The number of benzene rings is 1. The lowest BCUT2D eigenvalue weighted by Crippen LogP contribution is -2.15. The molecule has 0 atom stereocenters. The zero-order chi connectivity index (χ0) is 15.0. The molecule has 5 heteroatoms. The standard InChI is InChI=1S/C16H14IN3O/c1-3-12-14(17)16(21)20-15(19-12)11-6-7-13-10(8-11)5-4-9(2)18-13/h4-8H,3H2,1-2H3,(H,19,20,21). The average Bonchev–Trinajstić information content (AvgIpc) is 2.49. The molecule has 0 saturated carbocycles. The normalized spacial score (nSPS) is 11.0. The van der Waals surface area contributed by atoms with Gasteiger partial charge in [-0.15, -0.1) is 0 Å². The van der Waals surface area contributed by atoms with E-state index in [4.69, 9.17) is 0 Å². The molecule has 2 aromatic heterocycles. The summed E-state index contributed by atoms with van der Waals surface area (Å²) in [6.45, 7) is 3.97. The molecular weight excluding hydrogens is 377 g/mol. The van der Waals surface area contributed by atoms with E-state index in [1.165, 1.54) is 0 Å². The van der Waals surface area contributed by atoms with E-state index < -0.39 is 0 Å². The maximum Gasteiger partial charge on any atom is 0.264 e. The summed E-state index contributed by atoms with van der Waals surface area (Å²) in [6.07, 6.45) is 0.740. The van der Waals surface area contributed by atoms with Gasteiger partial charge in [-0.3, -0.25) is 9.78 Å². The van der Waals surface area contributed by atoms with Crippen LogP contribution in [0.5, 0.6) is 0 Å². The molecule has 21 heavy (non-hydrogen) atoms. The fraction of sp³-hybridized carbons (Fsp3) is 0.188. The van der Waals surface area contributed by atoms with Gasteiger partial charge in [0, 0.05) is 16.6 Å². The van der Waals surface area contributed by atoms with E-state index in [0.717, 1.165) is 34.3 Å². The maximum absolute atomic E-state index is 12.0. The van der Waals surface area contributed by atoms with Crippen molar-refractivity contribution < 1.29 is 0 Å². The second-order valence-corrected chi connectivity index (χ2v) is 5.97. The minimum atomic E-state index is -0.0837. The number of aryl methyl sites for hydroxylation is 2. The molecule has 1 aromatic carbocycles. The molecule has 0 bridgehead atoms. The Bertz CT molecular complexity index is 886. The summed E-state index contributed by atoms with van der Waals surface area (Å²) in [5, 5.41) is 1.04. The van der Waals surface area contributed by atoms with Crippen molar-refractivity contribution >= 4 is 33.5 Å². The second-order valence-electron chi connectivity index (χ2n) is 4.89. The Labute approximate surface area is 135 Å². The van der Waals surface area contributed by atoms with Gasteiger partial charge < -0.3 is 4.98 Å². The lowest BCUT2D eigenvalue weighted by Gasteiger charge is -2.06. The highest BCUT2D eigenvalue weighted by molar-refractivity contribution is 14.1. The van der Waals surface area contributed by atoms with Gasteiger partial charge in [-0.1, -0.05) is 13.0 Å². The van der Waals surface area contributed by atoms with E-state index in [9.17, 15) is 4.79 Å². The third kappa shape index (κ3) is 2.70. The Balaban J connectivity index is 2.18. The Morgan fingerprint density at radius 3 is 2.76 bits per heavy atom. The lowest BCUT2D eigenvalue weighted by atomic mass is 10.1. The number of halogens is 1. The predicted octanol–water partition coefficient (Wildman–Crippen LogP) is 3.46. The topological polar surface area (TPSA) is 58.6 Å². The molecule has 4 nitrogen and oxygen atoms in total. The fourth-order valence-corrected chi connectivity index (χ4v) is 2.89. The summed E-state index contributed by atoms with van der Waals surface area (Å²) in [5.74, 6) is 0.611. The van der Waals surface area contributed by atoms with E-state index in [1.807, 2.05) is 66.8 Å². The molecule has 0 saturated heterocycles. The average molecular weight is 391 g/mol. The van der Waals surface area contributed by atoms with Crippen molar-refractivity contribution in [2.75, 3.05) is 0 Å². The van der Waals surface area contributed by atoms with Gasteiger partial charge in [-0.25, -0.2) is 4.98 Å². The van der Waals surface area contributed by atoms with E-state index >= 15 is 0 Å². The second kappa shape index (κ2) is 5.55. The van der Waals surface area contributed by atoms with Crippen LogP contribution in [-0.2, 0) is 6.42 Å². The molecule has 0 aliphatic heterocycles. The zero-order valence-corrected chi connectivity index (χ0v) is 13.9. The largest absolute Gasteiger partial charge is 0.306 e. The molecule has 0 spiro atoms. The van der Waals surface area contributed by atoms with Crippen LogP contribution in [-0.4, -0.2) is 15.0 Å². The van der Waals surface area contributed by atoms with Crippen LogP contribution in [0, 0.1) is 10.5 Å². The molecule has 106 valence electrons. The predicted molar refractivity (Wildman–Crippen MR) is 92.4 cm³/mol. The number of nitrogens with zero attached hydrogens (tertiary/aromatic N) is 2. The summed E-state index contributed by atoms with van der Waals surface area (Å²) in [6, 6.07) is 9.92. The monoisotopic (exact) mass is 391 g/mol. The van der Waals surface area contributed by atoms with E-state index in [-0.39, 0.29) is 5.56 Å². The van der Waals surface area contributed by atoms with Gasteiger partial charge >= 0.3 is 0 Å². The lowest BCUT2D eigenvalue weighted by molar-refractivity contribution is 0.969. The number of hydrogen-bond donors (Lipinski definition) is 1. The van der Waals surface area contributed by atoms with E-state index in [0.29, 0.717) is 9.39 Å². The number of rotatable bonds is 2. The van der Waals surface area contributed by atoms with Crippen LogP contribution in [0.1, 0.15) is 18.3 Å². The minimum Gasteiger partial charge on any atom is -0.306 e. The molecule has 0 radical (unpaired) electrons. The van der Waals surface area contributed by atoms with Crippen LogP contribution in [0.4, 0.5) is 0 Å². The number of fused-ring (bicyclic) bond motifs is 1. The van der Waals surface area contributed by atoms with Gasteiger partial charge in [-0.2, -0.15) is 0 Å². The van der Waals surface area contributed by atoms with Crippen molar-refractivity contribution in [3.63, 3.8) is 0 Å². The third-order valence-electron chi connectivity index (χ3n) is 3.37. The van der Waals surface area contributed by atoms with Gasteiger partial charge in [0.1, 0.15) is 5.82 Å². The van der Waals surface area contributed by atoms with Crippen molar-refractivity contribution in [1.82, 2.24) is 15.0 Å². The molecule has 1 N–H and O–H groups in total. The Morgan fingerprint density at radius 2 is 2.00 bits per heavy atom. The smallest absolute Gasteiger partial charge is 0.264 e. The molecule has 0 amide bonds. The van der Waals surface area contributed by atoms with Gasteiger partial charge in [0.2, 0.25) is 0 Å². The van der Waals surface area contributed by atoms with Crippen LogP contribution >= 0.6 is 22.6 Å². The first-order valence-electron chi connectivity index (χ1n) is 6.75. The Kier molecular flexibility index (Phi) is 3.75. The third-order valence-corrected chi connectivity index (χ3v) is 4.48. The summed E-state index contributed by atoms with van der Waals surface area (Å²) in [7, 11) is 0. The van der Waals surface area contributed by atoms with E-state index in [2.05, 4.69) is 15.0 Å². The van der Waals surface area contributed by atoms with Gasteiger partial charge in [0.25, 0.3) is 5.56 Å². The van der Waals surface area contributed by atoms with Gasteiger partial charge in [0.05, 0.1) is 14.8 Å². The van der Waals surface area contributed by atoms with Crippen LogP contribution in [0.3, 0.4) is 0 Å². The molecule has 0 aliphatic rings. The van der Waals surface area contributed by atoms with E-state index in [1.54, 1.807) is 0 Å². The molecule has 3 aromatic rings. The molecule has 0 fully saturated rings. The number of aromatic nitrogens is 3. The fourth-order valence-electron chi connectivity index (χ4n) is 2.25. The molecule has 0 unspecified atom stereocenters. The summed E-state index contributed by atoms with van der Waals surface area (Å²) < 4.78 is 0.664. The molecule has 3 rings (SSSR count). The summed E-state index contributed by atoms with van der Waals surface area (Å²) in [5.41, 5.74) is 3.58. The zero-order valence-electron chi connectivity index (χ0n) is 11.8. The number of hydrogen-bond acceptors (Lipinski definition) is 3. The number of aromatic amines is 1. The number of nitrogens with one attached hydrogen (secondary N) is 1. The first-order valence-corrected chi connectivity index (χ1v) is 7.83. The maximum atomic E-state index is 12.0. The van der Waals surface area contributed by atoms with Gasteiger partial charge in [0.15, 0.2) is 0 Å². The van der Waals surface area contributed by atoms with Crippen LogP contribution in [0.2, 0.25) is 0 Å². The van der Waals surface area contributed by atoms with Crippen molar-refractivity contribution in [3.05, 3.63) is 55.6 Å². The highest BCUT2D eigenvalue weighted by Gasteiger charge is 2.09. The molecule has 2 heterocycles. The van der Waals surface area contributed by atoms with Crippen molar-refractivity contribution in [3.8, 4) is 11.4 Å².